The summed E-state index contributed by atoms with van der Waals surface area (Å²) in [6.45, 7) is 0. The van der Waals surface area contributed by atoms with Crippen molar-refractivity contribution in [1.82, 2.24) is 0 Å². The van der Waals surface area contributed by atoms with E-state index in [1.165, 1.54) is 18.2 Å². The van der Waals surface area contributed by atoms with Crippen LogP contribution in [0.1, 0.15) is 0 Å². The molecule has 2 aliphatic rings. The zero-order chi connectivity index (χ0) is 14.3. The fourth-order valence-corrected chi connectivity index (χ4v) is 2.32. The first kappa shape index (κ1) is 12.2. The van der Waals surface area contributed by atoms with Gasteiger partial charge in [0, 0.05) is 22.9 Å². The van der Waals surface area contributed by atoms with Crippen LogP contribution in [0.25, 0.3) is 11.3 Å². The lowest BCUT2D eigenvalue weighted by atomic mass is 9.96. The van der Waals surface area contributed by atoms with Crippen LogP contribution in [0.2, 0.25) is 0 Å². The van der Waals surface area contributed by atoms with Gasteiger partial charge in [0.25, 0.3) is 5.70 Å². The van der Waals surface area contributed by atoms with Gasteiger partial charge in [-0.1, -0.05) is 24.3 Å². The van der Waals surface area contributed by atoms with E-state index < -0.39 is 17.0 Å². The van der Waals surface area contributed by atoms with Crippen molar-refractivity contribution >= 4 is 17.3 Å². The molecule has 3 rings (SSSR count). The number of fused-ring (bicyclic) bond motifs is 2. The van der Waals surface area contributed by atoms with Crippen LogP contribution < -0.4 is 10.4 Å². The molecular weight excluding hydrogens is 262 g/mol. The van der Waals surface area contributed by atoms with Gasteiger partial charge in [-0.05, 0) is 11.3 Å². The highest BCUT2D eigenvalue weighted by Gasteiger charge is 2.28. The van der Waals surface area contributed by atoms with E-state index >= 15 is 0 Å². The largest absolute Gasteiger partial charge is 0.475 e. The summed E-state index contributed by atoms with van der Waals surface area (Å²) in [4.78, 5) is 21.6. The molecule has 1 atom stereocenters. The first-order valence-corrected chi connectivity index (χ1v) is 5.86. The second-order valence-corrected chi connectivity index (χ2v) is 4.36. The molecule has 1 aliphatic heterocycles. The Bertz CT molecular complexity index is 803. The second kappa shape index (κ2) is 4.34. The summed E-state index contributed by atoms with van der Waals surface area (Å²) in [5, 5.41) is 21.1. The quantitative estimate of drug-likeness (QED) is 0.611. The predicted octanol–water partition coefficient (Wildman–Crippen LogP) is 0.159. The fraction of sp³-hybridized carbons (Fsp3) is 0.0714. The van der Waals surface area contributed by atoms with Crippen molar-refractivity contribution in [2.24, 2.45) is 0 Å². The topological polar surface area (TPSA) is 89.7 Å². The Morgan fingerprint density at radius 1 is 1.30 bits per heavy atom. The van der Waals surface area contributed by atoms with E-state index in [-0.39, 0.29) is 11.5 Å². The molecule has 1 heterocycles. The van der Waals surface area contributed by atoms with Crippen LogP contribution in [-0.2, 0) is 9.53 Å². The summed E-state index contributed by atoms with van der Waals surface area (Å²) in [5.74, 6) is -1.30. The van der Waals surface area contributed by atoms with Crippen molar-refractivity contribution in [3.05, 3.63) is 68.7 Å². The minimum Gasteiger partial charge on any atom is -0.475 e. The van der Waals surface area contributed by atoms with E-state index in [9.17, 15) is 20.0 Å². The molecule has 0 saturated carbocycles. The van der Waals surface area contributed by atoms with Crippen LogP contribution >= 0.6 is 0 Å². The standard InChI is InChI=1S/C14H9NO5/c16-14(17)13-10-4-2-1-3-9(10)11-7-8(15(18)19)5-6-12(11)20-13/h1-7,12H,(H,16,17). The molecule has 0 fully saturated rings. The molecule has 20 heavy (non-hydrogen) atoms. The number of hydrogen-bond donors (Lipinski definition) is 1. The van der Waals surface area contributed by atoms with E-state index in [0.717, 1.165) is 0 Å². The second-order valence-electron chi connectivity index (χ2n) is 4.36. The molecule has 0 saturated heterocycles. The Labute approximate surface area is 112 Å². The molecule has 0 aromatic heterocycles. The Hall–Kier alpha value is -2.89. The van der Waals surface area contributed by atoms with Crippen molar-refractivity contribution in [3.8, 4) is 0 Å². The van der Waals surface area contributed by atoms with E-state index in [1.54, 1.807) is 24.3 Å². The van der Waals surface area contributed by atoms with Crippen molar-refractivity contribution < 1.29 is 19.6 Å². The Kier molecular flexibility index (Phi) is 2.64. The molecule has 0 bridgehead atoms. The predicted molar refractivity (Wildman–Crippen MR) is 69.2 cm³/mol. The molecule has 1 N–H and O–H groups in total. The Morgan fingerprint density at radius 2 is 2.00 bits per heavy atom. The summed E-state index contributed by atoms with van der Waals surface area (Å²) in [6, 6.07) is 6.81. The number of rotatable bonds is 2. The highest BCUT2D eigenvalue weighted by molar-refractivity contribution is 6.06. The highest BCUT2D eigenvalue weighted by Crippen LogP contribution is 2.23. The summed E-state index contributed by atoms with van der Waals surface area (Å²) in [7, 11) is 0. The average molecular weight is 271 g/mol. The van der Waals surface area contributed by atoms with Gasteiger partial charge in [-0.2, -0.15) is 0 Å². The number of aliphatic carboxylic acids is 1. The number of allylic oxidation sites excluding steroid dienone is 1. The van der Waals surface area contributed by atoms with Gasteiger partial charge in [-0.25, -0.2) is 4.79 Å². The summed E-state index contributed by atoms with van der Waals surface area (Å²) in [6.07, 6.45) is 3.62. The van der Waals surface area contributed by atoms with Gasteiger partial charge in [-0.3, -0.25) is 10.1 Å². The molecule has 100 valence electrons. The van der Waals surface area contributed by atoms with Crippen molar-refractivity contribution in [2.75, 3.05) is 0 Å². The zero-order valence-electron chi connectivity index (χ0n) is 10.1. The Balaban J connectivity index is 2.38. The summed E-state index contributed by atoms with van der Waals surface area (Å²) < 4.78 is 5.43. The number of carboxylic acid groups (broad SMARTS) is 1. The molecule has 0 amide bonds. The van der Waals surface area contributed by atoms with Crippen molar-refractivity contribution in [1.29, 1.82) is 0 Å². The SMILES string of the molecule is O=C(O)C1=c2ccccc2=C2C=C([N+](=O)[O-])C=CC2O1. The average Bonchev–Trinajstić information content (AvgIpc) is 2.45. The molecule has 1 aromatic carbocycles. The number of carbonyl (C=O) groups is 1. The Morgan fingerprint density at radius 3 is 2.65 bits per heavy atom. The zero-order valence-corrected chi connectivity index (χ0v) is 10.1. The normalized spacial score (nSPS) is 19.6. The number of benzene rings is 1. The third-order valence-corrected chi connectivity index (χ3v) is 3.18. The lowest BCUT2D eigenvalue weighted by Gasteiger charge is -2.23. The van der Waals surface area contributed by atoms with E-state index in [0.29, 0.717) is 16.0 Å². The van der Waals surface area contributed by atoms with Gasteiger partial charge in [-0.15, -0.1) is 0 Å². The number of nitrogens with zero attached hydrogens (tertiary/aromatic N) is 1. The number of ether oxygens (including phenoxy) is 1. The van der Waals surface area contributed by atoms with Crippen LogP contribution in [0.15, 0.2) is 48.2 Å². The maximum atomic E-state index is 11.2. The van der Waals surface area contributed by atoms with E-state index in [4.69, 9.17) is 4.74 Å². The van der Waals surface area contributed by atoms with Crippen molar-refractivity contribution in [3.63, 3.8) is 0 Å². The minimum atomic E-state index is -1.16. The molecule has 6 heteroatoms. The van der Waals surface area contributed by atoms with Gasteiger partial charge in [0.2, 0.25) is 5.76 Å². The van der Waals surface area contributed by atoms with Crippen LogP contribution in [0.3, 0.4) is 0 Å². The summed E-state index contributed by atoms with van der Waals surface area (Å²) >= 11 is 0. The fourth-order valence-electron chi connectivity index (χ4n) is 2.32. The molecule has 0 spiro atoms. The third-order valence-electron chi connectivity index (χ3n) is 3.18. The smallest absolute Gasteiger partial charge is 0.371 e. The maximum Gasteiger partial charge on any atom is 0.371 e. The van der Waals surface area contributed by atoms with Crippen molar-refractivity contribution in [2.45, 2.75) is 6.10 Å². The third kappa shape index (κ3) is 1.78. The summed E-state index contributed by atoms with van der Waals surface area (Å²) in [5.41, 5.74) is 0.549. The van der Waals surface area contributed by atoms with Gasteiger partial charge < -0.3 is 9.84 Å². The first-order chi connectivity index (χ1) is 9.58. The van der Waals surface area contributed by atoms with Crippen LogP contribution in [0.5, 0.6) is 0 Å². The molecule has 1 unspecified atom stereocenters. The monoisotopic (exact) mass is 271 g/mol. The van der Waals surface area contributed by atoms with Crippen LogP contribution in [0, 0.1) is 10.1 Å². The maximum absolute atomic E-state index is 11.2. The van der Waals surface area contributed by atoms with Gasteiger partial charge >= 0.3 is 5.97 Å². The molecule has 0 radical (unpaired) electrons. The van der Waals surface area contributed by atoms with Gasteiger partial charge in [0.15, 0.2) is 0 Å². The van der Waals surface area contributed by atoms with E-state index in [2.05, 4.69) is 0 Å². The van der Waals surface area contributed by atoms with Crippen LogP contribution in [0.4, 0.5) is 0 Å². The first-order valence-electron chi connectivity index (χ1n) is 5.86. The number of carboxylic acids is 1. The lowest BCUT2D eigenvalue weighted by Crippen LogP contribution is -2.40. The molecule has 6 nitrogen and oxygen atoms in total. The molecule has 1 aromatic rings. The van der Waals surface area contributed by atoms with Gasteiger partial charge in [0.05, 0.1) is 4.92 Å². The van der Waals surface area contributed by atoms with E-state index in [1.807, 2.05) is 0 Å². The highest BCUT2D eigenvalue weighted by atomic mass is 16.6. The number of hydrogen-bond acceptors (Lipinski definition) is 4. The van der Waals surface area contributed by atoms with Gasteiger partial charge in [0.1, 0.15) is 6.10 Å². The number of nitro groups is 1. The molecular formula is C14H9NO5. The lowest BCUT2D eigenvalue weighted by molar-refractivity contribution is -0.419. The van der Waals surface area contributed by atoms with Crippen LogP contribution in [-0.4, -0.2) is 22.1 Å². The molecule has 1 aliphatic carbocycles. The minimum absolute atomic E-state index is 0.0478.